The Hall–Kier alpha value is -1.89. The van der Waals surface area contributed by atoms with Crippen LogP contribution in [0.25, 0.3) is 6.08 Å². The van der Waals surface area contributed by atoms with E-state index in [1.165, 1.54) is 5.41 Å². The van der Waals surface area contributed by atoms with Crippen molar-refractivity contribution in [2.24, 2.45) is 0 Å². The van der Waals surface area contributed by atoms with Gasteiger partial charge in [-0.1, -0.05) is 30.3 Å². The molecule has 1 saturated heterocycles. The summed E-state index contributed by atoms with van der Waals surface area (Å²) in [5, 5.41) is 1.21. The van der Waals surface area contributed by atoms with E-state index in [9.17, 15) is 8.42 Å². The van der Waals surface area contributed by atoms with E-state index in [1.54, 1.807) is 12.3 Å². The highest BCUT2D eigenvalue weighted by molar-refractivity contribution is 7.92. The van der Waals surface area contributed by atoms with Crippen LogP contribution < -0.4 is 4.72 Å². The van der Waals surface area contributed by atoms with Gasteiger partial charge in [0.15, 0.2) is 0 Å². The number of nitrogens with one attached hydrogen (secondary N) is 1. The van der Waals surface area contributed by atoms with Gasteiger partial charge in [-0.2, -0.15) is 0 Å². The van der Waals surface area contributed by atoms with Gasteiger partial charge in [0.1, 0.15) is 5.76 Å². The summed E-state index contributed by atoms with van der Waals surface area (Å²) in [6.45, 7) is 2.23. The molecule has 1 fully saturated rings. The molecule has 0 saturated carbocycles. The molecule has 2 heterocycles. The molecule has 1 unspecified atom stereocenters. The van der Waals surface area contributed by atoms with Crippen molar-refractivity contribution in [2.75, 3.05) is 19.6 Å². The summed E-state index contributed by atoms with van der Waals surface area (Å²) in [4.78, 5) is 2.27. The number of rotatable bonds is 7. The van der Waals surface area contributed by atoms with Gasteiger partial charge in [-0.05, 0) is 49.7 Å². The van der Waals surface area contributed by atoms with E-state index in [-0.39, 0.29) is 6.04 Å². The second-order valence-electron chi connectivity index (χ2n) is 5.88. The average Bonchev–Trinajstić information content (AvgIpc) is 3.28. The standard InChI is InChI=1S/C18H22N2O3S/c21-24(22,14-10-16-7-2-1-3-8-16)19-15-17(18-9-6-13-23-18)20-11-4-5-12-20/h1-3,6-10,13-14,17,19H,4-5,11-12,15H2. The van der Waals surface area contributed by atoms with Crippen LogP contribution in [0.1, 0.15) is 30.2 Å². The molecular weight excluding hydrogens is 324 g/mol. The van der Waals surface area contributed by atoms with Crippen LogP contribution in [0.15, 0.2) is 58.6 Å². The molecule has 1 aliphatic heterocycles. The van der Waals surface area contributed by atoms with Crippen LogP contribution in [0.5, 0.6) is 0 Å². The third-order valence-electron chi connectivity index (χ3n) is 4.17. The summed E-state index contributed by atoms with van der Waals surface area (Å²) in [5.74, 6) is 0.798. The smallest absolute Gasteiger partial charge is 0.233 e. The first-order valence-corrected chi connectivity index (χ1v) is 9.69. The molecule has 128 valence electrons. The van der Waals surface area contributed by atoms with E-state index >= 15 is 0 Å². The number of hydrogen-bond acceptors (Lipinski definition) is 4. The highest BCUT2D eigenvalue weighted by Crippen LogP contribution is 2.25. The molecule has 0 aliphatic carbocycles. The summed E-state index contributed by atoms with van der Waals surface area (Å²) in [5.41, 5.74) is 0.852. The van der Waals surface area contributed by atoms with Gasteiger partial charge in [0, 0.05) is 12.0 Å². The van der Waals surface area contributed by atoms with Crippen LogP contribution in [0.2, 0.25) is 0 Å². The Morgan fingerprint density at radius 2 is 1.88 bits per heavy atom. The van der Waals surface area contributed by atoms with Gasteiger partial charge >= 0.3 is 0 Å². The first kappa shape index (κ1) is 17.0. The molecule has 1 N–H and O–H groups in total. The van der Waals surface area contributed by atoms with Crippen LogP contribution in [-0.4, -0.2) is 33.0 Å². The van der Waals surface area contributed by atoms with Crippen molar-refractivity contribution in [3.63, 3.8) is 0 Å². The molecule has 6 heteroatoms. The van der Waals surface area contributed by atoms with Gasteiger partial charge in [-0.3, -0.25) is 4.90 Å². The zero-order valence-electron chi connectivity index (χ0n) is 13.5. The highest BCUT2D eigenvalue weighted by Gasteiger charge is 2.26. The number of hydrogen-bond donors (Lipinski definition) is 1. The molecule has 0 bridgehead atoms. The fourth-order valence-electron chi connectivity index (χ4n) is 2.92. The van der Waals surface area contributed by atoms with Crippen LogP contribution in [0, 0.1) is 0 Å². The predicted octanol–water partition coefficient (Wildman–Crippen LogP) is 3.01. The van der Waals surface area contributed by atoms with Crippen LogP contribution in [0.3, 0.4) is 0 Å². The van der Waals surface area contributed by atoms with Gasteiger partial charge in [-0.25, -0.2) is 13.1 Å². The fraction of sp³-hybridized carbons (Fsp3) is 0.333. The molecule has 5 nitrogen and oxygen atoms in total. The lowest BCUT2D eigenvalue weighted by Crippen LogP contribution is -2.35. The van der Waals surface area contributed by atoms with Crippen molar-refractivity contribution < 1.29 is 12.8 Å². The first-order valence-electron chi connectivity index (χ1n) is 8.14. The third kappa shape index (κ3) is 4.56. The Morgan fingerprint density at radius 3 is 2.54 bits per heavy atom. The number of benzene rings is 1. The van der Waals surface area contributed by atoms with Crippen molar-refractivity contribution in [1.82, 2.24) is 9.62 Å². The Kier molecular flexibility index (Phi) is 5.50. The minimum absolute atomic E-state index is 0.0672. The molecule has 24 heavy (non-hydrogen) atoms. The lowest BCUT2D eigenvalue weighted by molar-refractivity contribution is 0.216. The van der Waals surface area contributed by atoms with Crippen molar-refractivity contribution in [3.05, 3.63) is 65.5 Å². The maximum absolute atomic E-state index is 12.2. The zero-order valence-corrected chi connectivity index (χ0v) is 14.3. The van der Waals surface area contributed by atoms with E-state index in [0.717, 1.165) is 37.3 Å². The van der Waals surface area contributed by atoms with E-state index in [0.29, 0.717) is 6.54 Å². The Morgan fingerprint density at radius 1 is 1.12 bits per heavy atom. The average molecular weight is 346 g/mol. The maximum atomic E-state index is 12.2. The molecule has 1 atom stereocenters. The summed E-state index contributed by atoms with van der Waals surface area (Å²) < 4.78 is 32.7. The minimum atomic E-state index is -3.49. The lowest BCUT2D eigenvalue weighted by atomic mass is 10.2. The second-order valence-corrected chi connectivity index (χ2v) is 7.53. The van der Waals surface area contributed by atoms with Gasteiger partial charge in [0.2, 0.25) is 10.0 Å². The van der Waals surface area contributed by atoms with Crippen LogP contribution in [-0.2, 0) is 10.0 Å². The summed E-state index contributed by atoms with van der Waals surface area (Å²) >= 11 is 0. The molecule has 2 aromatic rings. The molecule has 1 aromatic heterocycles. The molecule has 0 radical (unpaired) electrons. The van der Waals surface area contributed by atoms with Gasteiger partial charge < -0.3 is 4.42 Å². The van der Waals surface area contributed by atoms with Crippen molar-refractivity contribution >= 4 is 16.1 Å². The largest absolute Gasteiger partial charge is 0.468 e. The maximum Gasteiger partial charge on any atom is 0.233 e. The Balaban J connectivity index is 1.66. The SMILES string of the molecule is O=S(=O)(C=Cc1ccccc1)NCC(c1ccco1)N1CCCC1. The predicted molar refractivity (Wildman–Crippen MR) is 94.7 cm³/mol. The molecule has 3 rings (SSSR count). The van der Waals surface area contributed by atoms with E-state index in [1.807, 2.05) is 42.5 Å². The Labute approximate surface area is 143 Å². The molecule has 0 spiro atoms. The number of furan rings is 1. The molecule has 1 aromatic carbocycles. The van der Waals surface area contributed by atoms with Gasteiger partial charge in [0.25, 0.3) is 0 Å². The summed E-state index contributed by atoms with van der Waals surface area (Å²) in [6, 6.07) is 13.0. The molecular formula is C18H22N2O3S. The normalized spacial score (nSPS) is 17.5. The van der Waals surface area contributed by atoms with Crippen molar-refractivity contribution in [2.45, 2.75) is 18.9 Å². The summed E-state index contributed by atoms with van der Waals surface area (Å²) in [7, 11) is -3.49. The topological polar surface area (TPSA) is 62.6 Å². The third-order valence-corrected chi connectivity index (χ3v) is 5.23. The van der Waals surface area contributed by atoms with E-state index < -0.39 is 10.0 Å². The lowest BCUT2D eigenvalue weighted by Gasteiger charge is -2.25. The van der Waals surface area contributed by atoms with Gasteiger partial charge in [0.05, 0.1) is 12.3 Å². The summed E-state index contributed by atoms with van der Waals surface area (Å²) in [6.07, 6.45) is 5.50. The second kappa shape index (κ2) is 7.79. The van der Waals surface area contributed by atoms with Crippen molar-refractivity contribution in [1.29, 1.82) is 0 Å². The number of sulfonamides is 1. The molecule has 0 amide bonds. The van der Waals surface area contributed by atoms with Crippen LogP contribution >= 0.6 is 0 Å². The number of likely N-dealkylation sites (tertiary alicyclic amines) is 1. The van der Waals surface area contributed by atoms with Crippen molar-refractivity contribution in [3.8, 4) is 0 Å². The first-order chi connectivity index (χ1) is 11.6. The fourth-order valence-corrected chi connectivity index (χ4v) is 3.74. The quantitative estimate of drug-likeness (QED) is 0.837. The van der Waals surface area contributed by atoms with Crippen LogP contribution in [0.4, 0.5) is 0 Å². The Bertz CT molecular complexity index is 749. The zero-order chi connectivity index (χ0) is 16.8. The van der Waals surface area contributed by atoms with Gasteiger partial charge in [-0.15, -0.1) is 0 Å². The highest BCUT2D eigenvalue weighted by atomic mass is 32.2. The molecule has 1 aliphatic rings. The minimum Gasteiger partial charge on any atom is -0.468 e. The number of nitrogens with zero attached hydrogens (tertiary/aromatic N) is 1. The van der Waals surface area contributed by atoms with E-state index in [4.69, 9.17) is 4.42 Å². The monoisotopic (exact) mass is 346 g/mol. The van der Waals surface area contributed by atoms with E-state index in [2.05, 4.69) is 9.62 Å².